The van der Waals surface area contributed by atoms with Crippen LogP contribution in [0, 0.1) is 10.1 Å². The smallest absolute Gasteiger partial charge is 0.295 e. The fourth-order valence-corrected chi connectivity index (χ4v) is 1.94. The molecule has 78 valence electrons. The van der Waals surface area contributed by atoms with Crippen molar-refractivity contribution in [3.05, 3.63) is 33.4 Å². The number of fused-ring (bicyclic) bond motifs is 1. The molecule has 0 saturated carbocycles. The molecule has 5 nitrogen and oxygen atoms in total. The lowest BCUT2D eigenvalue weighted by molar-refractivity contribution is -0.384. The van der Waals surface area contributed by atoms with Gasteiger partial charge in [-0.25, -0.2) is 0 Å². The number of nitro groups is 1. The average Bonchev–Trinajstić information content (AvgIpc) is 2.17. The molecule has 1 aromatic rings. The molecule has 0 bridgehead atoms. The summed E-state index contributed by atoms with van der Waals surface area (Å²) in [5.74, 6) is -0.0284. The highest BCUT2D eigenvalue weighted by Crippen LogP contribution is 2.33. The van der Waals surface area contributed by atoms with Crippen molar-refractivity contribution in [2.75, 3.05) is 5.73 Å². The van der Waals surface area contributed by atoms with Gasteiger partial charge in [-0.15, -0.1) is 0 Å². The van der Waals surface area contributed by atoms with Crippen molar-refractivity contribution < 1.29 is 9.72 Å². The van der Waals surface area contributed by atoms with Gasteiger partial charge in [0.1, 0.15) is 5.69 Å². The molecule has 2 rings (SSSR count). The van der Waals surface area contributed by atoms with E-state index in [1.807, 2.05) is 0 Å². The van der Waals surface area contributed by atoms with Gasteiger partial charge in [0.15, 0.2) is 5.78 Å². The molecule has 0 atom stereocenters. The van der Waals surface area contributed by atoms with Crippen molar-refractivity contribution in [3.63, 3.8) is 0 Å². The highest BCUT2D eigenvalue weighted by atomic mass is 16.6. The number of carbonyl (C=O) groups excluding carboxylic acids is 1. The number of rotatable bonds is 1. The van der Waals surface area contributed by atoms with Gasteiger partial charge in [-0.2, -0.15) is 0 Å². The van der Waals surface area contributed by atoms with Gasteiger partial charge in [-0.05, 0) is 25.0 Å². The number of nitro benzene ring substituents is 1. The molecule has 1 aromatic carbocycles. The van der Waals surface area contributed by atoms with Gasteiger partial charge in [0.05, 0.1) is 4.92 Å². The van der Waals surface area contributed by atoms with Gasteiger partial charge < -0.3 is 5.73 Å². The highest BCUT2D eigenvalue weighted by molar-refractivity contribution is 6.00. The maximum atomic E-state index is 11.5. The fourth-order valence-electron chi connectivity index (χ4n) is 1.94. The fraction of sp³-hybridized carbons (Fsp3) is 0.300. The monoisotopic (exact) mass is 206 g/mol. The third kappa shape index (κ3) is 1.45. The molecule has 0 amide bonds. The molecular formula is C10H10N2O3. The number of hydrogen-bond acceptors (Lipinski definition) is 4. The summed E-state index contributed by atoms with van der Waals surface area (Å²) >= 11 is 0. The van der Waals surface area contributed by atoms with Gasteiger partial charge >= 0.3 is 0 Å². The van der Waals surface area contributed by atoms with Gasteiger partial charge in [0.25, 0.3) is 5.69 Å². The summed E-state index contributed by atoms with van der Waals surface area (Å²) in [6.45, 7) is 0. The van der Waals surface area contributed by atoms with E-state index in [1.54, 1.807) is 6.07 Å². The zero-order valence-electron chi connectivity index (χ0n) is 8.03. The molecule has 2 N–H and O–H groups in total. The summed E-state index contributed by atoms with van der Waals surface area (Å²) in [7, 11) is 0. The van der Waals surface area contributed by atoms with Crippen LogP contribution in [0.5, 0.6) is 0 Å². The minimum absolute atomic E-state index is 0.0284. The van der Waals surface area contributed by atoms with Crippen molar-refractivity contribution in [2.24, 2.45) is 0 Å². The molecule has 0 unspecified atom stereocenters. The Morgan fingerprint density at radius 2 is 2.07 bits per heavy atom. The van der Waals surface area contributed by atoms with Crippen LogP contribution in [0.4, 0.5) is 11.4 Å². The lowest BCUT2D eigenvalue weighted by Gasteiger charge is -2.14. The third-order valence-corrected chi connectivity index (χ3v) is 2.63. The number of ketones is 1. The van der Waals surface area contributed by atoms with E-state index in [0.29, 0.717) is 30.4 Å². The molecular weight excluding hydrogens is 196 g/mol. The second-order valence-corrected chi connectivity index (χ2v) is 3.56. The van der Waals surface area contributed by atoms with Gasteiger partial charge in [0.2, 0.25) is 0 Å². The number of nitrogens with two attached hydrogens (primary N) is 1. The second-order valence-electron chi connectivity index (χ2n) is 3.56. The van der Waals surface area contributed by atoms with E-state index in [9.17, 15) is 14.9 Å². The number of nitrogen functional groups attached to an aromatic ring is 1. The summed E-state index contributed by atoms with van der Waals surface area (Å²) < 4.78 is 0. The van der Waals surface area contributed by atoms with Crippen LogP contribution in [0.25, 0.3) is 0 Å². The summed E-state index contributed by atoms with van der Waals surface area (Å²) in [5.41, 5.74) is 6.53. The molecule has 0 aliphatic heterocycles. The van der Waals surface area contributed by atoms with Crippen molar-refractivity contribution >= 4 is 17.2 Å². The lowest BCUT2D eigenvalue weighted by atomic mass is 9.89. The largest absolute Gasteiger partial charge is 0.393 e. The van der Waals surface area contributed by atoms with E-state index in [-0.39, 0.29) is 17.2 Å². The van der Waals surface area contributed by atoms with Crippen molar-refractivity contribution in [2.45, 2.75) is 19.3 Å². The standard InChI is InChI=1S/C10H10N2O3/c11-8-5-4-6-7(10(8)12(14)15)2-1-3-9(6)13/h4-5H,1-3,11H2. The van der Waals surface area contributed by atoms with Crippen LogP contribution in [0.1, 0.15) is 28.8 Å². The first kappa shape index (κ1) is 9.64. The first-order valence-corrected chi connectivity index (χ1v) is 4.70. The molecule has 0 heterocycles. The maximum absolute atomic E-state index is 11.5. The highest BCUT2D eigenvalue weighted by Gasteiger charge is 2.27. The molecule has 0 radical (unpaired) electrons. The minimum atomic E-state index is -0.507. The number of nitrogens with zero attached hydrogens (tertiary/aromatic N) is 1. The molecule has 0 spiro atoms. The predicted octanol–water partition coefficient (Wildman–Crippen LogP) is 1.70. The Labute approximate surface area is 86.0 Å². The van der Waals surface area contributed by atoms with E-state index in [1.165, 1.54) is 6.07 Å². The molecule has 0 fully saturated rings. The minimum Gasteiger partial charge on any atom is -0.393 e. The number of carbonyl (C=O) groups is 1. The number of hydrogen-bond donors (Lipinski definition) is 1. The zero-order valence-corrected chi connectivity index (χ0v) is 8.03. The molecule has 15 heavy (non-hydrogen) atoms. The Balaban J connectivity index is 2.68. The normalized spacial score (nSPS) is 14.8. The van der Waals surface area contributed by atoms with Crippen LogP contribution in [-0.2, 0) is 6.42 Å². The Morgan fingerprint density at radius 1 is 1.33 bits per heavy atom. The van der Waals surface area contributed by atoms with Crippen LogP contribution in [0.3, 0.4) is 0 Å². The van der Waals surface area contributed by atoms with Crippen LogP contribution in [0.15, 0.2) is 12.1 Å². The van der Waals surface area contributed by atoms with Crippen LogP contribution < -0.4 is 5.73 Å². The lowest BCUT2D eigenvalue weighted by Crippen LogP contribution is -2.13. The molecule has 5 heteroatoms. The van der Waals surface area contributed by atoms with Crippen molar-refractivity contribution in [1.29, 1.82) is 0 Å². The van der Waals surface area contributed by atoms with Gasteiger partial charge in [-0.1, -0.05) is 0 Å². The van der Waals surface area contributed by atoms with Crippen molar-refractivity contribution in [3.8, 4) is 0 Å². The first-order chi connectivity index (χ1) is 7.11. The zero-order chi connectivity index (χ0) is 11.0. The molecule has 0 aromatic heterocycles. The van der Waals surface area contributed by atoms with Crippen molar-refractivity contribution in [1.82, 2.24) is 0 Å². The molecule has 1 aliphatic carbocycles. The van der Waals surface area contributed by atoms with E-state index < -0.39 is 4.92 Å². The molecule has 1 aliphatic rings. The van der Waals surface area contributed by atoms with Crippen LogP contribution >= 0.6 is 0 Å². The number of benzene rings is 1. The van der Waals surface area contributed by atoms with Crippen LogP contribution in [-0.4, -0.2) is 10.7 Å². The van der Waals surface area contributed by atoms with Gasteiger partial charge in [-0.3, -0.25) is 14.9 Å². The number of Topliss-reactive ketones (excluding diaryl/α,β-unsaturated/α-hetero) is 1. The van der Waals surface area contributed by atoms with Gasteiger partial charge in [0, 0.05) is 17.5 Å². The Hall–Kier alpha value is -1.91. The van der Waals surface area contributed by atoms with E-state index in [0.717, 1.165) is 0 Å². The average molecular weight is 206 g/mol. The first-order valence-electron chi connectivity index (χ1n) is 4.70. The van der Waals surface area contributed by atoms with E-state index in [2.05, 4.69) is 0 Å². The number of anilines is 1. The summed E-state index contributed by atoms with van der Waals surface area (Å²) in [6.07, 6.45) is 1.69. The summed E-state index contributed by atoms with van der Waals surface area (Å²) in [5, 5.41) is 10.8. The van der Waals surface area contributed by atoms with E-state index >= 15 is 0 Å². The predicted molar refractivity (Wildman–Crippen MR) is 54.8 cm³/mol. The van der Waals surface area contributed by atoms with E-state index in [4.69, 9.17) is 5.73 Å². The molecule has 0 saturated heterocycles. The second kappa shape index (κ2) is 3.34. The summed E-state index contributed by atoms with van der Waals surface area (Å²) in [6, 6.07) is 3.01. The Bertz CT molecular complexity index is 454. The quantitative estimate of drug-likeness (QED) is 0.430. The Morgan fingerprint density at radius 3 is 2.73 bits per heavy atom. The summed E-state index contributed by atoms with van der Waals surface area (Å²) in [4.78, 5) is 21.8. The SMILES string of the molecule is Nc1ccc2c(c1[N+](=O)[O-])CCCC2=O. The van der Waals surface area contributed by atoms with Crippen LogP contribution in [0.2, 0.25) is 0 Å². The maximum Gasteiger partial charge on any atom is 0.295 e. The topological polar surface area (TPSA) is 86.2 Å². The Kier molecular flexibility index (Phi) is 2.15. The third-order valence-electron chi connectivity index (χ3n) is 2.63.